The molecule has 1 aliphatic heterocycles. The van der Waals surface area contributed by atoms with Crippen LogP contribution in [0.5, 0.6) is 5.75 Å². The predicted molar refractivity (Wildman–Crippen MR) is 128 cm³/mol. The number of alkyl halides is 3. The number of methoxy groups -OCH3 is 1. The minimum absolute atomic E-state index is 0.100. The molecule has 0 bridgehead atoms. The maximum atomic E-state index is 14.2. The van der Waals surface area contributed by atoms with Crippen molar-refractivity contribution in [3.05, 3.63) is 88.7 Å². The first kappa shape index (κ1) is 25.5. The molecule has 0 spiro atoms. The van der Waals surface area contributed by atoms with E-state index in [0.717, 1.165) is 17.7 Å². The van der Waals surface area contributed by atoms with Crippen LogP contribution < -0.4 is 4.74 Å². The molecular formula is C28H27F4NO3. The summed E-state index contributed by atoms with van der Waals surface area (Å²) in [6, 6.07) is 15.2. The van der Waals surface area contributed by atoms with Crippen LogP contribution in [0, 0.1) is 5.82 Å². The SMILES string of the molecule is COc1ccc(C(C)C)cc1-c1ccc(C(F)(F)F)cc1CN1CC[C@@H](c2ccccc2F)OC1=O. The number of carbonyl (C=O) groups excluding carboxylic acids is 1. The Bertz CT molecular complexity index is 1260. The normalized spacial score (nSPS) is 16.3. The zero-order valence-electron chi connectivity index (χ0n) is 20.2. The highest BCUT2D eigenvalue weighted by Crippen LogP contribution is 2.39. The van der Waals surface area contributed by atoms with Crippen LogP contribution in [0.1, 0.15) is 54.5 Å². The second-order valence-electron chi connectivity index (χ2n) is 9.09. The minimum Gasteiger partial charge on any atom is -0.496 e. The summed E-state index contributed by atoms with van der Waals surface area (Å²) in [6.07, 6.45) is -5.69. The standard InChI is InChI=1S/C28H27F4NO3/c1-17(2)18-8-11-25(35-3)23(15-18)21-10-9-20(28(30,31)32)14-19(21)16-33-13-12-26(36-27(33)34)22-6-4-5-7-24(22)29/h4-11,14-15,17,26H,12-13,16H2,1-3H3/t26-/m0/s1. The number of carbonyl (C=O) groups is 1. The van der Waals surface area contributed by atoms with E-state index in [4.69, 9.17) is 9.47 Å². The Balaban J connectivity index is 1.69. The van der Waals surface area contributed by atoms with Crippen LogP contribution in [0.3, 0.4) is 0 Å². The average Bonchev–Trinajstić information content (AvgIpc) is 2.84. The third kappa shape index (κ3) is 5.32. The first-order valence-corrected chi connectivity index (χ1v) is 11.7. The average molecular weight is 502 g/mol. The van der Waals surface area contributed by atoms with Crippen molar-refractivity contribution in [1.82, 2.24) is 4.90 Å². The van der Waals surface area contributed by atoms with E-state index < -0.39 is 29.8 Å². The van der Waals surface area contributed by atoms with E-state index >= 15 is 0 Å². The van der Waals surface area contributed by atoms with Crippen LogP contribution in [0.2, 0.25) is 0 Å². The number of rotatable bonds is 6. The van der Waals surface area contributed by atoms with E-state index in [1.54, 1.807) is 24.3 Å². The van der Waals surface area contributed by atoms with Gasteiger partial charge in [-0.1, -0.05) is 44.2 Å². The first-order valence-electron chi connectivity index (χ1n) is 11.7. The van der Waals surface area contributed by atoms with Crippen molar-refractivity contribution in [1.29, 1.82) is 0 Å². The monoisotopic (exact) mass is 501 g/mol. The molecule has 1 aliphatic rings. The Morgan fingerprint density at radius 3 is 2.44 bits per heavy atom. The molecule has 36 heavy (non-hydrogen) atoms. The van der Waals surface area contributed by atoms with Gasteiger partial charge in [0.15, 0.2) is 0 Å². The van der Waals surface area contributed by atoms with Gasteiger partial charge in [-0.3, -0.25) is 0 Å². The van der Waals surface area contributed by atoms with Crippen LogP contribution in [0.25, 0.3) is 11.1 Å². The maximum absolute atomic E-state index is 14.2. The summed E-state index contributed by atoms with van der Waals surface area (Å²) in [4.78, 5) is 14.2. The smallest absolute Gasteiger partial charge is 0.416 e. The Morgan fingerprint density at radius 2 is 1.81 bits per heavy atom. The van der Waals surface area contributed by atoms with Crippen LogP contribution >= 0.6 is 0 Å². The topological polar surface area (TPSA) is 38.8 Å². The van der Waals surface area contributed by atoms with Gasteiger partial charge in [0.2, 0.25) is 0 Å². The van der Waals surface area contributed by atoms with Gasteiger partial charge in [0.1, 0.15) is 17.7 Å². The number of cyclic esters (lactones) is 1. The molecule has 3 aromatic carbocycles. The molecule has 1 saturated heterocycles. The van der Waals surface area contributed by atoms with Crippen molar-refractivity contribution in [2.45, 2.75) is 45.0 Å². The van der Waals surface area contributed by atoms with Crippen LogP contribution in [-0.2, 0) is 17.5 Å². The maximum Gasteiger partial charge on any atom is 0.416 e. The van der Waals surface area contributed by atoms with E-state index in [1.165, 1.54) is 24.1 Å². The highest BCUT2D eigenvalue weighted by Gasteiger charge is 2.33. The van der Waals surface area contributed by atoms with E-state index in [0.29, 0.717) is 28.9 Å². The number of benzene rings is 3. The van der Waals surface area contributed by atoms with Crippen molar-refractivity contribution < 1.29 is 31.8 Å². The number of halogens is 4. The molecule has 1 fully saturated rings. The molecule has 1 heterocycles. The van der Waals surface area contributed by atoms with Gasteiger partial charge in [-0.15, -0.1) is 0 Å². The molecule has 3 aromatic rings. The van der Waals surface area contributed by atoms with E-state index in [-0.39, 0.29) is 24.6 Å². The molecular weight excluding hydrogens is 474 g/mol. The quantitative estimate of drug-likeness (QED) is 0.325. The summed E-state index contributed by atoms with van der Waals surface area (Å²) >= 11 is 0. The van der Waals surface area contributed by atoms with Gasteiger partial charge in [-0.25, -0.2) is 9.18 Å². The molecule has 4 rings (SSSR count). The fourth-order valence-electron chi connectivity index (χ4n) is 4.38. The highest BCUT2D eigenvalue weighted by molar-refractivity contribution is 5.76. The molecule has 190 valence electrons. The molecule has 1 amide bonds. The van der Waals surface area contributed by atoms with Gasteiger partial charge in [0, 0.05) is 30.6 Å². The van der Waals surface area contributed by atoms with E-state index in [2.05, 4.69) is 0 Å². The zero-order valence-corrected chi connectivity index (χ0v) is 20.2. The van der Waals surface area contributed by atoms with Gasteiger partial charge in [-0.2, -0.15) is 13.2 Å². The molecule has 0 radical (unpaired) electrons. The first-order chi connectivity index (χ1) is 17.1. The lowest BCUT2D eigenvalue weighted by Gasteiger charge is -2.32. The van der Waals surface area contributed by atoms with Crippen molar-refractivity contribution in [3.63, 3.8) is 0 Å². The number of hydrogen-bond acceptors (Lipinski definition) is 3. The number of ether oxygens (including phenoxy) is 2. The zero-order chi connectivity index (χ0) is 26.0. The Labute approximate surface area is 207 Å². The lowest BCUT2D eigenvalue weighted by atomic mass is 9.92. The molecule has 0 saturated carbocycles. The van der Waals surface area contributed by atoms with Crippen molar-refractivity contribution in [3.8, 4) is 16.9 Å². The molecule has 0 N–H and O–H groups in total. The third-order valence-electron chi connectivity index (χ3n) is 6.39. The fourth-order valence-corrected chi connectivity index (χ4v) is 4.38. The van der Waals surface area contributed by atoms with Gasteiger partial charge >= 0.3 is 12.3 Å². The number of nitrogens with zero attached hydrogens (tertiary/aromatic N) is 1. The molecule has 0 aromatic heterocycles. The van der Waals surface area contributed by atoms with Gasteiger partial charge in [0.25, 0.3) is 0 Å². The van der Waals surface area contributed by atoms with Crippen LogP contribution in [0.15, 0.2) is 60.7 Å². The Hall–Kier alpha value is -3.55. The van der Waals surface area contributed by atoms with Gasteiger partial charge in [-0.05, 0) is 52.9 Å². The molecule has 4 nitrogen and oxygen atoms in total. The number of amides is 1. The minimum atomic E-state index is -4.55. The lowest BCUT2D eigenvalue weighted by Crippen LogP contribution is -2.38. The summed E-state index contributed by atoms with van der Waals surface area (Å²) in [5.41, 5.74) is 1.95. The summed E-state index contributed by atoms with van der Waals surface area (Å²) in [6.45, 7) is 4.15. The summed E-state index contributed by atoms with van der Waals surface area (Å²) in [5.74, 6) is 0.238. The van der Waals surface area contributed by atoms with Gasteiger partial charge < -0.3 is 14.4 Å². The second kappa shape index (κ2) is 10.2. The van der Waals surface area contributed by atoms with Crippen molar-refractivity contribution in [2.24, 2.45) is 0 Å². The summed E-state index contributed by atoms with van der Waals surface area (Å²) in [5, 5.41) is 0. The highest BCUT2D eigenvalue weighted by atomic mass is 19.4. The predicted octanol–water partition coefficient (Wildman–Crippen LogP) is 7.73. The Kier molecular flexibility index (Phi) is 7.24. The van der Waals surface area contributed by atoms with E-state index in [9.17, 15) is 22.4 Å². The summed E-state index contributed by atoms with van der Waals surface area (Å²) in [7, 11) is 1.50. The van der Waals surface area contributed by atoms with Crippen LogP contribution in [0.4, 0.5) is 22.4 Å². The third-order valence-corrected chi connectivity index (χ3v) is 6.39. The largest absolute Gasteiger partial charge is 0.496 e. The van der Waals surface area contributed by atoms with Crippen LogP contribution in [-0.4, -0.2) is 24.6 Å². The molecule has 0 unspecified atom stereocenters. The van der Waals surface area contributed by atoms with Crippen molar-refractivity contribution in [2.75, 3.05) is 13.7 Å². The Morgan fingerprint density at radius 1 is 1.06 bits per heavy atom. The fraction of sp³-hybridized carbons (Fsp3) is 0.321. The molecule has 0 aliphatic carbocycles. The summed E-state index contributed by atoms with van der Waals surface area (Å²) < 4.78 is 65.9. The number of hydrogen-bond donors (Lipinski definition) is 0. The van der Waals surface area contributed by atoms with Gasteiger partial charge in [0.05, 0.1) is 12.7 Å². The molecule has 1 atom stereocenters. The lowest BCUT2D eigenvalue weighted by molar-refractivity contribution is -0.137. The van der Waals surface area contributed by atoms with E-state index in [1.807, 2.05) is 26.0 Å². The van der Waals surface area contributed by atoms with Crippen molar-refractivity contribution >= 4 is 6.09 Å². The molecule has 8 heteroatoms. The second-order valence-corrected chi connectivity index (χ2v) is 9.09.